The van der Waals surface area contributed by atoms with Gasteiger partial charge < -0.3 is 9.47 Å². The summed E-state index contributed by atoms with van der Waals surface area (Å²) in [6.45, 7) is 7.74. The van der Waals surface area contributed by atoms with Crippen molar-refractivity contribution in [3.05, 3.63) is 145 Å². The normalized spacial score (nSPS) is 12.8. The van der Waals surface area contributed by atoms with Gasteiger partial charge in [-0.15, -0.1) is 0 Å². The molecule has 0 atom stereocenters. The minimum atomic E-state index is 0.111. The van der Waals surface area contributed by atoms with Crippen LogP contribution in [0.5, 0.6) is 0 Å². The van der Waals surface area contributed by atoms with Crippen molar-refractivity contribution >= 4 is 67.7 Å². The molecule has 188 valence electrons. The van der Waals surface area contributed by atoms with Crippen LogP contribution in [0.15, 0.2) is 133 Å². The molecule has 4 heteroatoms. The summed E-state index contributed by atoms with van der Waals surface area (Å²) in [4.78, 5) is 6.15. The Morgan fingerprint density at radius 1 is 0.561 bits per heavy atom. The zero-order valence-electron chi connectivity index (χ0n) is 22.1. The van der Waals surface area contributed by atoms with E-state index in [2.05, 4.69) is 130 Å². The zero-order valence-corrected chi connectivity index (χ0v) is 22.1. The monoisotopic (exact) mass is 519 g/mol. The van der Waals surface area contributed by atoms with E-state index < -0.39 is 0 Å². The van der Waals surface area contributed by atoms with Crippen LogP contribution in [0.2, 0.25) is 0 Å². The van der Waals surface area contributed by atoms with Gasteiger partial charge in [0.1, 0.15) is 0 Å². The predicted octanol–water partition coefficient (Wildman–Crippen LogP) is 7.61. The van der Waals surface area contributed by atoms with E-state index in [4.69, 9.17) is 6.57 Å². The van der Waals surface area contributed by atoms with Gasteiger partial charge in [0.05, 0.1) is 12.1 Å². The highest BCUT2D eigenvalue weighted by Gasteiger charge is 2.42. The van der Waals surface area contributed by atoms with Gasteiger partial charge in [0.2, 0.25) is 0 Å². The Morgan fingerprint density at radius 2 is 1.29 bits per heavy atom. The summed E-state index contributed by atoms with van der Waals surface area (Å²) < 4.78 is 2.48. The van der Waals surface area contributed by atoms with Crippen molar-refractivity contribution in [2.24, 2.45) is 0 Å². The van der Waals surface area contributed by atoms with Gasteiger partial charge in [-0.1, -0.05) is 91.0 Å². The summed E-state index contributed by atoms with van der Waals surface area (Å²) in [7, 11) is 0. The minimum absolute atomic E-state index is 0.111. The molecule has 2 aliphatic rings. The number of fused-ring (bicyclic) bond motifs is 7. The Hall–Kier alpha value is -5.53. The second-order valence-electron chi connectivity index (χ2n) is 10.8. The summed E-state index contributed by atoms with van der Waals surface area (Å²) in [6.07, 6.45) is 0. The van der Waals surface area contributed by atoms with Crippen LogP contribution >= 0.6 is 0 Å². The van der Waals surface area contributed by atoms with E-state index in [9.17, 15) is 0 Å². The lowest BCUT2D eigenvalue weighted by Crippen LogP contribution is -2.60. The molecule has 0 saturated heterocycles. The van der Waals surface area contributed by atoms with Crippen molar-refractivity contribution in [1.29, 1.82) is 0 Å². The number of anilines is 3. The quantitative estimate of drug-likeness (QED) is 0.169. The Balaban J connectivity index is 1.48. The lowest BCUT2D eigenvalue weighted by atomic mass is 9.33. The molecule has 9 rings (SSSR count). The van der Waals surface area contributed by atoms with Crippen molar-refractivity contribution < 1.29 is 0 Å². The number of benzene rings is 6. The van der Waals surface area contributed by atoms with E-state index in [1.807, 2.05) is 18.2 Å². The lowest BCUT2D eigenvalue weighted by Gasteiger charge is -2.40. The van der Waals surface area contributed by atoms with Gasteiger partial charge in [-0.05, 0) is 70.0 Å². The summed E-state index contributed by atoms with van der Waals surface area (Å²) >= 11 is 0. The second kappa shape index (κ2) is 8.24. The molecule has 41 heavy (non-hydrogen) atoms. The molecule has 0 saturated carbocycles. The predicted molar refractivity (Wildman–Crippen MR) is 172 cm³/mol. The highest BCUT2D eigenvalue weighted by Crippen LogP contribution is 2.43. The third kappa shape index (κ3) is 2.98. The molecule has 0 spiro atoms. The molecule has 0 unspecified atom stereocenters. The number of nitrogens with zero attached hydrogens (tertiary/aromatic N) is 3. The largest absolute Gasteiger partial charge is 0.311 e. The third-order valence-corrected chi connectivity index (χ3v) is 8.76. The average Bonchev–Trinajstić information content (AvgIpc) is 3.38. The van der Waals surface area contributed by atoms with Gasteiger partial charge in [-0.2, -0.15) is 0 Å². The first-order valence-corrected chi connectivity index (χ1v) is 13.9. The van der Waals surface area contributed by atoms with Crippen LogP contribution in [-0.4, -0.2) is 11.3 Å². The first kappa shape index (κ1) is 22.3. The molecule has 7 aromatic rings. The summed E-state index contributed by atoms with van der Waals surface area (Å²) in [5, 5.41) is 2.55. The Morgan fingerprint density at radius 3 is 2.20 bits per heavy atom. The van der Waals surface area contributed by atoms with E-state index in [0.717, 1.165) is 16.8 Å². The standard InChI is InChI=1S/C37H22BN3/c1-39-26-12-9-11-24(21-26)25-22-34-36-35(23-25)41-32-19-7-5-15-28(32)29-16-10-18-31(37(29)41)38(36)30-17-6-8-20-33(30)40(34)27-13-3-2-4-14-27/h2-23H. The SMILES string of the molecule is [C-]#[N+]c1cccc(-c2cc3c4c(c2)-n2c5ccccc5c5cccc(c52)B4c2ccccc2N3c2ccccc2)c1. The molecule has 0 aliphatic carbocycles. The maximum Gasteiger partial charge on any atom is 0.252 e. The van der Waals surface area contributed by atoms with E-state index in [1.54, 1.807) is 0 Å². The molecule has 1 aromatic heterocycles. The minimum Gasteiger partial charge on any atom is -0.311 e. The van der Waals surface area contributed by atoms with Gasteiger partial charge >= 0.3 is 0 Å². The van der Waals surface area contributed by atoms with Gasteiger partial charge in [0, 0.05) is 39.0 Å². The fourth-order valence-electron chi connectivity index (χ4n) is 7.14. The number of hydrogen-bond acceptors (Lipinski definition) is 1. The van der Waals surface area contributed by atoms with Gasteiger partial charge in [0.15, 0.2) is 5.69 Å². The molecule has 0 radical (unpaired) electrons. The van der Waals surface area contributed by atoms with Crippen LogP contribution < -0.4 is 21.3 Å². The van der Waals surface area contributed by atoms with Gasteiger partial charge in [0.25, 0.3) is 6.71 Å². The van der Waals surface area contributed by atoms with E-state index in [-0.39, 0.29) is 6.71 Å². The van der Waals surface area contributed by atoms with E-state index >= 15 is 0 Å². The smallest absolute Gasteiger partial charge is 0.252 e. The summed E-state index contributed by atoms with van der Waals surface area (Å²) in [5.41, 5.74) is 14.0. The summed E-state index contributed by atoms with van der Waals surface area (Å²) in [5.74, 6) is 0. The molecule has 0 bridgehead atoms. The Bertz CT molecular complexity index is 2240. The maximum absolute atomic E-state index is 7.63. The fourth-order valence-corrected chi connectivity index (χ4v) is 7.14. The number of para-hydroxylation sites is 4. The highest BCUT2D eigenvalue weighted by atomic mass is 15.2. The first-order valence-electron chi connectivity index (χ1n) is 13.9. The van der Waals surface area contributed by atoms with Crippen LogP contribution in [-0.2, 0) is 0 Å². The van der Waals surface area contributed by atoms with Crippen molar-refractivity contribution in [1.82, 2.24) is 4.57 Å². The Kier molecular flexibility index (Phi) is 4.48. The molecule has 0 N–H and O–H groups in total. The van der Waals surface area contributed by atoms with E-state index in [1.165, 1.54) is 55.3 Å². The molecular formula is C37H22BN3. The van der Waals surface area contributed by atoms with Crippen molar-refractivity contribution in [3.63, 3.8) is 0 Å². The molecule has 0 fully saturated rings. The van der Waals surface area contributed by atoms with Crippen LogP contribution in [0.4, 0.5) is 22.7 Å². The van der Waals surface area contributed by atoms with Crippen LogP contribution in [0.3, 0.4) is 0 Å². The number of aromatic nitrogens is 1. The highest BCUT2D eigenvalue weighted by molar-refractivity contribution is 7.00. The zero-order chi connectivity index (χ0) is 27.1. The fraction of sp³-hybridized carbons (Fsp3) is 0. The average molecular weight is 519 g/mol. The molecule has 0 amide bonds. The molecule has 2 aliphatic heterocycles. The molecule has 6 aromatic carbocycles. The maximum atomic E-state index is 7.63. The van der Waals surface area contributed by atoms with Crippen LogP contribution in [0, 0.1) is 6.57 Å². The number of hydrogen-bond donors (Lipinski definition) is 0. The van der Waals surface area contributed by atoms with E-state index in [0.29, 0.717) is 5.69 Å². The number of rotatable bonds is 2. The summed E-state index contributed by atoms with van der Waals surface area (Å²) in [6, 6.07) is 47.7. The molecular weight excluding hydrogens is 497 g/mol. The second-order valence-corrected chi connectivity index (χ2v) is 10.8. The Labute approximate surface area is 238 Å². The van der Waals surface area contributed by atoms with Gasteiger partial charge in [-0.25, -0.2) is 4.85 Å². The van der Waals surface area contributed by atoms with Crippen molar-refractivity contribution in [3.8, 4) is 16.8 Å². The van der Waals surface area contributed by atoms with Crippen LogP contribution in [0.25, 0.3) is 43.5 Å². The lowest BCUT2D eigenvalue weighted by molar-refractivity contribution is 1.18. The topological polar surface area (TPSA) is 12.5 Å². The molecule has 3 heterocycles. The van der Waals surface area contributed by atoms with Gasteiger partial charge in [-0.3, -0.25) is 0 Å². The van der Waals surface area contributed by atoms with Crippen molar-refractivity contribution in [2.45, 2.75) is 0 Å². The van der Waals surface area contributed by atoms with Crippen molar-refractivity contribution in [2.75, 3.05) is 4.90 Å². The first-order chi connectivity index (χ1) is 20.3. The third-order valence-electron chi connectivity index (χ3n) is 8.76. The molecule has 3 nitrogen and oxygen atoms in total. The van der Waals surface area contributed by atoms with Crippen LogP contribution in [0.1, 0.15) is 0 Å².